The number of benzene rings is 1. The minimum Gasteiger partial charge on any atom is -0.315 e. The molecule has 9 heteroatoms. The number of hydrogen-bond donors (Lipinski definition) is 3. The van der Waals surface area contributed by atoms with Gasteiger partial charge in [-0.25, -0.2) is 0 Å². The number of amides is 4. The summed E-state index contributed by atoms with van der Waals surface area (Å²) in [7, 11) is 0. The lowest BCUT2D eigenvalue weighted by Gasteiger charge is -2.27. The molecule has 0 saturated carbocycles. The Balaban J connectivity index is 1.41. The predicted molar refractivity (Wildman–Crippen MR) is 109 cm³/mol. The number of carbonyl (C=O) groups is 4. The Morgan fingerprint density at radius 2 is 1.93 bits per heavy atom. The van der Waals surface area contributed by atoms with Crippen LogP contribution in [0.1, 0.15) is 45.5 Å². The maximum Gasteiger partial charge on any atom is 0.262 e. The van der Waals surface area contributed by atoms with Gasteiger partial charge in [0.2, 0.25) is 11.8 Å². The summed E-state index contributed by atoms with van der Waals surface area (Å²) in [6, 6.07) is 4.28. The molecule has 3 heterocycles. The SMILES string of the molecule is O=C1CCC(N2C(=O)c3cccc(CNCCN4CCCNCC4)c3C2=O)C(=O)N1. The Bertz CT molecular complexity index is 863. The lowest BCUT2D eigenvalue weighted by Crippen LogP contribution is -2.54. The van der Waals surface area contributed by atoms with Crippen LogP contribution in [-0.2, 0) is 16.1 Å². The Hall–Kier alpha value is -2.62. The van der Waals surface area contributed by atoms with Crippen LogP contribution >= 0.6 is 0 Å². The van der Waals surface area contributed by atoms with Gasteiger partial charge in [0.05, 0.1) is 11.1 Å². The average Bonchev–Trinajstić information content (AvgIpc) is 2.90. The van der Waals surface area contributed by atoms with Crippen molar-refractivity contribution < 1.29 is 19.2 Å². The maximum absolute atomic E-state index is 13.1. The highest BCUT2D eigenvalue weighted by Gasteiger charge is 2.45. The van der Waals surface area contributed by atoms with E-state index in [1.807, 2.05) is 6.07 Å². The molecule has 3 aliphatic heterocycles. The van der Waals surface area contributed by atoms with Crippen LogP contribution in [0.3, 0.4) is 0 Å². The molecule has 1 atom stereocenters. The zero-order valence-corrected chi connectivity index (χ0v) is 16.9. The van der Waals surface area contributed by atoms with Crippen molar-refractivity contribution in [3.63, 3.8) is 0 Å². The van der Waals surface area contributed by atoms with Gasteiger partial charge in [0.15, 0.2) is 0 Å². The molecule has 3 aliphatic rings. The topological polar surface area (TPSA) is 111 Å². The number of imide groups is 2. The molecule has 0 radical (unpaired) electrons. The highest BCUT2D eigenvalue weighted by atomic mass is 16.2. The van der Waals surface area contributed by atoms with E-state index in [1.54, 1.807) is 12.1 Å². The van der Waals surface area contributed by atoms with Gasteiger partial charge < -0.3 is 15.5 Å². The van der Waals surface area contributed by atoms with Crippen molar-refractivity contribution in [2.24, 2.45) is 0 Å². The Kier molecular flexibility index (Phi) is 6.21. The molecule has 30 heavy (non-hydrogen) atoms. The van der Waals surface area contributed by atoms with Crippen LogP contribution in [0.15, 0.2) is 18.2 Å². The Morgan fingerprint density at radius 1 is 1.07 bits per heavy atom. The van der Waals surface area contributed by atoms with E-state index in [2.05, 4.69) is 20.9 Å². The fraction of sp³-hybridized carbons (Fsp3) is 0.524. The molecule has 9 nitrogen and oxygen atoms in total. The number of nitrogens with zero attached hydrogens (tertiary/aromatic N) is 2. The summed E-state index contributed by atoms with van der Waals surface area (Å²) in [5, 5.41) is 8.98. The molecule has 0 spiro atoms. The van der Waals surface area contributed by atoms with Crippen LogP contribution in [0.25, 0.3) is 0 Å². The first-order valence-corrected chi connectivity index (χ1v) is 10.5. The first kappa shape index (κ1) is 20.6. The number of fused-ring (bicyclic) bond motifs is 1. The maximum atomic E-state index is 13.1. The second kappa shape index (κ2) is 9.03. The van der Waals surface area contributed by atoms with Gasteiger partial charge >= 0.3 is 0 Å². The molecule has 2 saturated heterocycles. The highest BCUT2D eigenvalue weighted by molar-refractivity contribution is 6.24. The van der Waals surface area contributed by atoms with Crippen LogP contribution in [0, 0.1) is 0 Å². The van der Waals surface area contributed by atoms with Crippen molar-refractivity contribution in [3.05, 3.63) is 34.9 Å². The van der Waals surface area contributed by atoms with E-state index in [9.17, 15) is 19.2 Å². The first-order chi connectivity index (χ1) is 14.6. The zero-order valence-electron chi connectivity index (χ0n) is 16.9. The largest absolute Gasteiger partial charge is 0.315 e. The first-order valence-electron chi connectivity index (χ1n) is 10.5. The molecule has 160 valence electrons. The second-order valence-electron chi connectivity index (χ2n) is 7.91. The molecule has 0 bridgehead atoms. The van der Waals surface area contributed by atoms with E-state index in [-0.39, 0.29) is 18.7 Å². The third-order valence-corrected chi connectivity index (χ3v) is 5.91. The fourth-order valence-corrected chi connectivity index (χ4v) is 4.32. The molecule has 3 N–H and O–H groups in total. The second-order valence-corrected chi connectivity index (χ2v) is 7.91. The molecule has 0 aromatic heterocycles. The number of nitrogens with one attached hydrogen (secondary N) is 3. The van der Waals surface area contributed by atoms with Gasteiger partial charge in [0.25, 0.3) is 11.8 Å². The summed E-state index contributed by atoms with van der Waals surface area (Å²) in [4.78, 5) is 53.0. The summed E-state index contributed by atoms with van der Waals surface area (Å²) in [6.45, 7) is 6.32. The smallest absolute Gasteiger partial charge is 0.262 e. The highest BCUT2D eigenvalue weighted by Crippen LogP contribution is 2.29. The van der Waals surface area contributed by atoms with E-state index in [0.29, 0.717) is 17.7 Å². The van der Waals surface area contributed by atoms with Crippen LogP contribution in [0.5, 0.6) is 0 Å². The van der Waals surface area contributed by atoms with Crippen LogP contribution in [0.4, 0.5) is 0 Å². The van der Waals surface area contributed by atoms with Crippen molar-refractivity contribution in [1.82, 2.24) is 25.8 Å². The van der Waals surface area contributed by atoms with Crippen LogP contribution in [0.2, 0.25) is 0 Å². The predicted octanol–water partition coefficient (Wildman–Crippen LogP) is -0.527. The van der Waals surface area contributed by atoms with Crippen molar-refractivity contribution in [2.45, 2.75) is 31.8 Å². The standard InChI is InChI=1S/C21H27N5O4/c27-17-6-5-16(19(28)24-17)26-20(29)15-4-1-3-14(18(15)21(26)30)13-23-9-12-25-10-2-7-22-8-11-25/h1,3-4,16,22-23H,2,5-13H2,(H,24,27,28). The van der Waals surface area contributed by atoms with E-state index < -0.39 is 23.8 Å². The summed E-state index contributed by atoms with van der Waals surface area (Å²) >= 11 is 0. The van der Waals surface area contributed by atoms with Crippen molar-refractivity contribution in [3.8, 4) is 0 Å². The van der Waals surface area contributed by atoms with Gasteiger partial charge in [-0.2, -0.15) is 0 Å². The number of piperidine rings is 1. The van der Waals surface area contributed by atoms with Gasteiger partial charge in [-0.15, -0.1) is 0 Å². The minimum absolute atomic E-state index is 0.115. The van der Waals surface area contributed by atoms with Crippen LogP contribution < -0.4 is 16.0 Å². The summed E-state index contributed by atoms with van der Waals surface area (Å²) in [5.74, 6) is -1.89. The zero-order chi connectivity index (χ0) is 21.1. The van der Waals surface area contributed by atoms with Crippen molar-refractivity contribution in [2.75, 3.05) is 39.3 Å². The number of carbonyl (C=O) groups excluding carboxylic acids is 4. The molecule has 1 unspecified atom stereocenters. The molecule has 0 aliphatic carbocycles. The molecule has 2 fully saturated rings. The molecule has 4 rings (SSSR count). The molecule has 1 aromatic rings. The summed E-state index contributed by atoms with van der Waals surface area (Å²) < 4.78 is 0. The summed E-state index contributed by atoms with van der Waals surface area (Å²) in [6.07, 6.45) is 1.41. The third-order valence-electron chi connectivity index (χ3n) is 5.91. The molecule has 4 amide bonds. The minimum atomic E-state index is -0.937. The van der Waals surface area contributed by atoms with Gasteiger partial charge in [-0.1, -0.05) is 12.1 Å². The van der Waals surface area contributed by atoms with E-state index in [0.717, 1.165) is 56.2 Å². The number of rotatable bonds is 6. The van der Waals surface area contributed by atoms with Crippen molar-refractivity contribution >= 4 is 23.6 Å². The van der Waals surface area contributed by atoms with Gasteiger partial charge in [-0.3, -0.25) is 29.4 Å². The quantitative estimate of drug-likeness (QED) is 0.425. The van der Waals surface area contributed by atoms with E-state index >= 15 is 0 Å². The number of hydrogen-bond acceptors (Lipinski definition) is 7. The summed E-state index contributed by atoms with van der Waals surface area (Å²) in [5.41, 5.74) is 1.43. The normalized spacial score (nSPS) is 22.8. The van der Waals surface area contributed by atoms with Gasteiger partial charge in [-0.05, 0) is 37.6 Å². The van der Waals surface area contributed by atoms with E-state index in [4.69, 9.17) is 0 Å². The van der Waals surface area contributed by atoms with Crippen molar-refractivity contribution in [1.29, 1.82) is 0 Å². The lowest BCUT2D eigenvalue weighted by molar-refractivity contribution is -0.136. The van der Waals surface area contributed by atoms with E-state index in [1.165, 1.54) is 0 Å². The Labute approximate surface area is 175 Å². The van der Waals surface area contributed by atoms with Gasteiger partial charge in [0, 0.05) is 39.1 Å². The monoisotopic (exact) mass is 413 g/mol. The Morgan fingerprint density at radius 3 is 2.77 bits per heavy atom. The average molecular weight is 413 g/mol. The third kappa shape index (κ3) is 4.14. The molecular formula is C21H27N5O4. The fourth-order valence-electron chi connectivity index (χ4n) is 4.32. The van der Waals surface area contributed by atoms with Gasteiger partial charge in [0.1, 0.15) is 6.04 Å². The lowest BCUT2D eigenvalue weighted by atomic mass is 10.0. The molecule has 1 aromatic carbocycles. The molecular weight excluding hydrogens is 386 g/mol. The van der Waals surface area contributed by atoms with Crippen LogP contribution in [-0.4, -0.2) is 78.7 Å².